The zero-order chi connectivity index (χ0) is 17.6. The van der Waals surface area contributed by atoms with Crippen molar-refractivity contribution in [1.29, 1.82) is 0 Å². The molecule has 0 saturated heterocycles. The van der Waals surface area contributed by atoms with Crippen LogP contribution < -0.4 is 5.14 Å². The highest BCUT2D eigenvalue weighted by atomic mass is 35.5. The van der Waals surface area contributed by atoms with Gasteiger partial charge >= 0.3 is 0 Å². The monoisotopic (exact) mass is 364 g/mol. The molecule has 0 bridgehead atoms. The fraction of sp³-hybridized carbons (Fsp3) is 0.333. The standard InChI is InChI=1S/C18H21ClN2O2S/c1-11-4-5-14(24(20,22)23)8-15(11)18-10-21(3)9-17-12(2)6-13(19)7-16(17)18/h4-8,18H,9-10H2,1-3H3,(H2,20,22,23). The second kappa shape index (κ2) is 6.15. The molecular formula is C18H21ClN2O2S. The Morgan fingerprint density at radius 3 is 2.50 bits per heavy atom. The molecule has 1 aliphatic heterocycles. The first-order chi connectivity index (χ1) is 11.2. The molecule has 1 heterocycles. The van der Waals surface area contributed by atoms with Crippen LogP contribution >= 0.6 is 11.6 Å². The summed E-state index contributed by atoms with van der Waals surface area (Å²) in [7, 11) is -1.66. The second-order valence-corrected chi connectivity index (χ2v) is 8.60. The predicted molar refractivity (Wildman–Crippen MR) is 96.9 cm³/mol. The molecule has 0 amide bonds. The molecule has 0 saturated carbocycles. The Labute approximate surface area is 148 Å². The first kappa shape index (κ1) is 17.4. The first-order valence-electron chi connectivity index (χ1n) is 7.77. The van der Waals surface area contributed by atoms with Crippen molar-refractivity contribution < 1.29 is 8.42 Å². The minimum Gasteiger partial charge on any atom is -0.301 e. The lowest BCUT2D eigenvalue weighted by molar-refractivity contribution is 0.294. The van der Waals surface area contributed by atoms with Gasteiger partial charge < -0.3 is 4.90 Å². The summed E-state index contributed by atoms with van der Waals surface area (Å²) in [6.07, 6.45) is 0. The molecule has 2 N–H and O–H groups in total. The van der Waals surface area contributed by atoms with Gasteiger partial charge in [0, 0.05) is 24.0 Å². The number of rotatable bonds is 2. The fourth-order valence-corrected chi connectivity index (χ4v) is 4.34. The van der Waals surface area contributed by atoms with Crippen LogP contribution in [0.1, 0.15) is 33.7 Å². The number of primary sulfonamides is 1. The molecule has 6 heteroatoms. The van der Waals surface area contributed by atoms with Gasteiger partial charge in [0.2, 0.25) is 10.0 Å². The summed E-state index contributed by atoms with van der Waals surface area (Å²) in [5, 5.41) is 6.03. The number of likely N-dealkylation sites (N-methyl/N-ethyl adjacent to an activating group) is 1. The summed E-state index contributed by atoms with van der Waals surface area (Å²) in [5.41, 5.74) is 5.63. The van der Waals surface area contributed by atoms with E-state index >= 15 is 0 Å². The van der Waals surface area contributed by atoms with Crippen LogP contribution in [-0.2, 0) is 16.6 Å². The van der Waals surface area contributed by atoms with Gasteiger partial charge in [-0.05, 0) is 73.0 Å². The predicted octanol–water partition coefficient (Wildman–Crippen LogP) is 3.18. The van der Waals surface area contributed by atoms with Gasteiger partial charge in [0.25, 0.3) is 0 Å². The lowest BCUT2D eigenvalue weighted by Gasteiger charge is -2.34. The van der Waals surface area contributed by atoms with Gasteiger partial charge in [-0.1, -0.05) is 17.7 Å². The average Bonchev–Trinajstić information content (AvgIpc) is 2.47. The van der Waals surface area contributed by atoms with Crippen LogP contribution in [0, 0.1) is 13.8 Å². The Balaban J connectivity index is 2.21. The molecule has 0 spiro atoms. The first-order valence-corrected chi connectivity index (χ1v) is 9.70. The summed E-state index contributed by atoms with van der Waals surface area (Å²) < 4.78 is 23.5. The molecule has 0 radical (unpaired) electrons. The molecule has 2 aromatic carbocycles. The molecule has 0 aliphatic carbocycles. The molecule has 1 atom stereocenters. The zero-order valence-corrected chi connectivity index (χ0v) is 15.6. The van der Waals surface area contributed by atoms with Gasteiger partial charge in [-0.3, -0.25) is 0 Å². The van der Waals surface area contributed by atoms with Crippen LogP contribution in [0.3, 0.4) is 0 Å². The molecular weight excluding hydrogens is 344 g/mol. The van der Waals surface area contributed by atoms with Gasteiger partial charge in [0.05, 0.1) is 4.90 Å². The van der Waals surface area contributed by atoms with E-state index in [0.717, 1.165) is 29.8 Å². The van der Waals surface area contributed by atoms with E-state index in [4.69, 9.17) is 16.7 Å². The number of aryl methyl sites for hydroxylation is 2. The Morgan fingerprint density at radius 1 is 1.12 bits per heavy atom. The lowest BCUT2D eigenvalue weighted by atomic mass is 9.81. The average molecular weight is 365 g/mol. The molecule has 1 aliphatic rings. The molecule has 0 aromatic heterocycles. The van der Waals surface area contributed by atoms with Gasteiger partial charge in [0.1, 0.15) is 0 Å². The van der Waals surface area contributed by atoms with E-state index < -0.39 is 10.0 Å². The van der Waals surface area contributed by atoms with E-state index in [0.29, 0.717) is 5.02 Å². The van der Waals surface area contributed by atoms with Crippen LogP contribution in [0.2, 0.25) is 5.02 Å². The largest absolute Gasteiger partial charge is 0.301 e. The molecule has 4 nitrogen and oxygen atoms in total. The third-order valence-corrected chi connectivity index (χ3v) is 5.85. The second-order valence-electron chi connectivity index (χ2n) is 6.60. The van der Waals surface area contributed by atoms with Crippen molar-refractivity contribution in [2.75, 3.05) is 13.6 Å². The summed E-state index contributed by atoms with van der Waals surface area (Å²) in [6.45, 7) is 5.73. The number of nitrogens with zero attached hydrogens (tertiary/aromatic N) is 1. The topological polar surface area (TPSA) is 63.4 Å². The Hall–Kier alpha value is -1.40. The van der Waals surface area contributed by atoms with E-state index in [1.165, 1.54) is 11.1 Å². The van der Waals surface area contributed by atoms with E-state index in [1.807, 2.05) is 25.1 Å². The van der Waals surface area contributed by atoms with Gasteiger partial charge in [0.15, 0.2) is 0 Å². The Bertz CT molecular complexity index is 909. The number of hydrogen-bond donors (Lipinski definition) is 1. The number of nitrogens with two attached hydrogens (primary N) is 1. The highest BCUT2D eigenvalue weighted by Gasteiger charge is 2.28. The number of hydrogen-bond acceptors (Lipinski definition) is 3. The molecule has 24 heavy (non-hydrogen) atoms. The van der Waals surface area contributed by atoms with E-state index in [-0.39, 0.29) is 10.8 Å². The van der Waals surface area contributed by atoms with Crippen molar-refractivity contribution in [2.45, 2.75) is 31.2 Å². The van der Waals surface area contributed by atoms with Crippen LogP contribution in [0.5, 0.6) is 0 Å². The van der Waals surface area contributed by atoms with E-state index in [2.05, 4.69) is 18.9 Å². The van der Waals surface area contributed by atoms with Crippen molar-refractivity contribution >= 4 is 21.6 Å². The van der Waals surface area contributed by atoms with Crippen molar-refractivity contribution in [1.82, 2.24) is 4.90 Å². The Morgan fingerprint density at radius 2 is 1.83 bits per heavy atom. The van der Waals surface area contributed by atoms with Crippen molar-refractivity contribution in [3.63, 3.8) is 0 Å². The number of sulfonamides is 1. The fourth-order valence-electron chi connectivity index (χ4n) is 3.51. The molecule has 2 aromatic rings. The molecule has 1 unspecified atom stereocenters. The zero-order valence-electron chi connectivity index (χ0n) is 14.0. The minimum atomic E-state index is -3.73. The maximum atomic E-state index is 11.7. The van der Waals surface area contributed by atoms with Crippen LogP contribution in [0.4, 0.5) is 0 Å². The van der Waals surface area contributed by atoms with E-state index in [1.54, 1.807) is 12.1 Å². The smallest absolute Gasteiger partial charge is 0.238 e. The summed E-state index contributed by atoms with van der Waals surface area (Å²) in [5.74, 6) is 0.0675. The minimum absolute atomic E-state index is 0.0675. The van der Waals surface area contributed by atoms with Crippen molar-refractivity contribution in [3.05, 3.63) is 63.2 Å². The van der Waals surface area contributed by atoms with Gasteiger partial charge in [-0.25, -0.2) is 13.6 Å². The lowest BCUT2D eigenvalue weighted by Crippen LogP contribution is -2.32. The highest BCUT2D eigenvalue weighted by molar-refractivity contribution is 7.89. The van der Waals surface area contributed by atoms with Crippen molar-refractivity contribution in [2.24, 2.45) is 5.14 Å². The van der Waals surface area contributed by atoms with Crippen LogP contribution in [0.15, 0.2) is 35.2 Å². The maximum Gasteiger partial charge on any atom is 0.238 e. The normalized spacial score (nSPS) is 18.5. The summed E-state index contributed by atoms with van der Waals surface area (Å²) >= 11 is 6.29. The van der Waals surface area contributed by atoms with Gasteiger partial charge in [-0.15, -0.1) is 0 Å². The van der Waals surface area contributed by atoms with Crippen LogP contribution in [0.25, 0.3) is 0 Å². The SMILES string of the molecule is Cc1ccc(S(N)(=O)=O)cc1C1CN(C)Cc2c(C)cc(Cl)cc21. The van der Waals surface area contributed by atoms with Crippen molar-refractivity contribution in [3.8, 4) is 0 Å². The molecule has 128 valence electrons. The van der Waals surface area contributed by atoms with Crippen LogP contribution in [-0.4, -0.2) is 26.9 Å². The number of benzene rings is 2. The summed E-state index contributed by atoms with van der Waals surface area (Å²) in [4.78, 5) is 2.40. The van der Waals surface area contributed by atoms with Gasteiger partial charge in [-0.2, -0.15) is 0 Å². The number of halogens is 1. The molecule has 3 rings (SSSR count). The third-order valence-electron chi connectivity index (χ3n) is 4.72. The quantitative estimate of drug-likeness (QED) is 0.890. The maximum absolute atomic E-state index is 11.7. The third kappa shape index (κ3) is 3.22. The number of fused-ring (bicyclic) bond motifs is 1. The summed E-state index contributed by atoms with van der Waals surface area (Å²) in [6, 6.07) is 9.06. The highest BCUT2D eigenvalue weighted by Crippen LogP contribution is 2.38. The molecule has 0 fully saturated rings. The van der Waals surface area contributed by atoms with E-state index in [9.17, 15) is 8.42 Å². The Kier molecular flexibility index (Phi) is 4.47.